The van der Waals surface area contributed by atoms with Crippen LogP contribution >= 0.6 is 0 Å². The molecule has 2 heterocycles. The summed E-state index contributed by atoms with van der Waals surface area (Å²) >= 11 is 0. The summed E-state index contributed by atoms with van der Waals surface area (Å²) in [4.78, 5) is 30.7. The van der Waals surface area contributed by atoms with E-state index in [2.05, 4.69) is 22.3 Å². The van der Waals surface area contributed by atoms with Gasteiger partial charge in [0.25, 0.3) is 5.91 Å². The third-order valence-electron chi connectivity index (χ3n) is 5.90. The lowest BCUT2D eigenvalue weighted by Gasteiger charge is -2.34. The van der Waals surface area contributed by atoms with Crippen molar-refractivity contribution in [3.63, 3.8) is 0 Å². The number of ether oxygens (including phenoxy) is 1. The van der Waals surface area contributed by atoms with Gasteiger partial charge in [-0.2, -0.15) is 0 Å². The molecule has 0 radical (unpaired) electrons. The van der Waals surface area contributed by atoms with Gasteiger partial charge in [-0.3, -0.25) is 4.79 Å². The molecule has 2 saturated heterocycles. The monoisotopic (exact) mass is 395 g/mol. The average Bonchev–Trinajstić information content (AvgIpc) is 2.99. The molecule has 2 N–H and O–H groups in total. The zero-order valence-corrected chi connectivity index (χ0v) is 16.9. The summed E-state index contributed by atoms with van der Waals surface area (Å²) < 4.78 is 5.27. The molecule has 152 valence electrons. The van der Waals surface area contributed by atoms with E-state index in [4.69, 9.17) is 4.74 Å². The van der Waals surface area contributed by atoms with Crippen LogP contribution in [0.15, 0.2) is 54.6 Å². The van der Waals surface area contributed by atoms with Crippen molar-refractivity contribution in [2.75, 3.05) is 44.9 Å². The first-order valence-electron chi connectivity index (χ1n) is 9.93. The van der Waals surface area contributed by atoms with Crippen molar-refractivity contribution < 1.29 is 19.2 Å². The van der Waals surface area contributed by atoms with Crippen LogP contribution in [0.5, 0.6) is 5.75 Å². The summed E-state index contributed by atoms with van der Waals surface area (Å²) in [6, 6.07) is 17.3. The molecule has 0 saturated carbocycles. The van der Waals surface area contributed by atoms with Gasteiger partial charge in [-0.25, -0.2) is 9.69 Å². The molecule has 0 spiro atoms. The van der Waals surface area contributed by atoms with Crippen LogP contribution in [0.3, 0.4) is 0 Å². The first-order chi connectivity index (χ1) is 14.0. The van der Waals surface area contributed by atoms with Crippen LogP contribution < -0.4 is 19.9 Å². The molecule has 0 aliphatic carbocycles. The second-order valence-electron chi connectivity index (χ2n) is 7.75. The van der Waals surface area contributed by atoms with E-state index < -0.39 is 5.54 Å². The summed E-state index contributed by atoms with van der Waals surface area (Å²) in [7, 11) is 1.58. The predicted octanol–water partition coefficient (Wildman–Crippen LogP) is 0.825. The van der Waals surface area contributed by atoms with Crippen LogP contribution in [0.4, 0.5) is 10.5 Å². The number of urea groups is 1. The minimum Gasteiger partial charge on any atom is -0.497 e. The van der Waals surface area contributed by atoms with Crippen molar-refractivity contribution in [1.82, 2.24) is 10.2 Å². The zero-order chi connectivity index (χ0) is 20.4. The Kier molecular flexibility index (Phi) is 5.15. The smallest absolute Gasteiger partial charge is 0.329 e. The lowest BCUT2D eigenvalue weighted by Crippen LogP contribution is -3.16. The second-order valence-corrected chi connectivity index (χ2v) is 7.75. The fourth-order valence-corrected chi connectivity index (χ4v) is 4.07. The average molecular weight is 395 g/mol. The number of imide groups is 1. The number of hydrogen-bond acceptors (Lipinski definition) is 4. The largest absolute Gasteiger partial charge is 0.497 e. The Hall–Kier alpha value is -3.06. The van der Waals surface area contributed by atoms with Crippen molar-refractivity contribution in [2.24, 2.45) is 0 Å². The standard InChI is InChI=1S/C22H26N4O3/c1-22(17-7-6-10-19(15-17)29-2)20(27)26(21(28)23-22)16-24-11-13-25(14-12-24)18-8-4-3-5-9-18/h3-10,15H,11-14,16H2,1-2H3,(H,23,28)/p+1/t22-/m1/s1. The number of nitrogens with one attached hydrogen (secondary N) is 2. The molecule has 0 unspecified atom stereocenters. The predicted molar refractivity (Wildman–Crippen MR) is 110 cm³/mol. The maximum absolute atomic E-state index is 13.2. The molecule has 29 heavy (non-hydrogen) atoms. The van der Waals surface area contributed by atoms with Gasteiger partial charge in [0.1, 0.15) is 11.3 Å². The SMILES string of the molecule is COc1cccc([C@@]2(C)NC(=O)N(C[NH+]3CCN(c4ccccc4)CC3)C2=O)c1. The van der Waals surface area contributed by atoms with Crippen LogP contribution in [0.25, 0.3) is 0 Å². The highest BCUT2D eigenvalue weighted by Gasteiger charge is 2.50. The molecular formula is C22H27N4O3+. The van der Waals surface area contributed by atoms with E-state index in [1.807, 2.05) is 36.4 Å². The highest BCUT2D eigenvalue weighted by Crippen LogP contribution is 2.30. The Bertz CT molecular complexity index is 896. The molecule has 2 aromatic carbocycles. The van der Waals surface area contributed by atoms with Gasteiger partial charge in [-0.05, 0) is 36.8 Å². The van der Waals surface area contributed by atoms with Crippen molar-refractivity contribution >= 4 is 17.6 Å². The third kappa shape index (κ3) is 3.65. The highest BCUT2D eigenvalue weighted by atomic mass is 16.5. The number of anilines is 1. The number of para-hydroxylation sites is 1. The van der Waals surface area contributed by atoms with Gasteiger partial charge >= 0.3 is 6.03 Å². The molecule has 0 bridgehead atoms. The number of carbonyl (C=O) groups excluding carboxylic acids is 2. The maximum atomic E-state index is 13.2. The van der Waals surface area contributed by atoms with Crippen molar-refractivity contribution in [3.8, 4) is 5.75 Å². The quantitative estimate of drug-likeness (QED) is 0.736. The Morgan fingerprint density at radius 3 is 2.48 bits per heavy atom. The van der Waals surface area contributed by atoms with Crippen molar-refractivity contribution in [2.45, 2.75) is 12.5 Å². The van der Waals surface area contributed by atoms with Crippen LogP contribution in [0.1, 0.15) is 12.5 Å². The normalized spacial score (nSPS) is 22.7. The van der Waals surface area contributed by atoms with Gasteiger partial charge in [0.15, 0.2) is 6.67 Å². The number of amides is 3. The highest BCUT2D eigenvalue weighted by molar-refractivity contribution is 6.07. The van der Waals surface area contributed by atoms with Gasteiger partial charge < -0.3 is 19.9 Å². The fourth-order valence-electron chi connectivity index (χ4n) is 4.07. The van der Waals surface area contributed by atoms with E-state index in [0.717, 1.165) is 31.7 Å². The number of quaternary nitrogens is 1. The summed E-state index contributed by atoms with van der Waals surface area (Å²) in [6.07, 6.45) is 0. The molecule has 2 aliphatic heterocycles. The lowest BCUT2D eigenvalue weighted by molar-refractivity contribution is -0.907. The van der Waals surface area contributed by atoms with E-state index >= 15 is 0 Å². The summed E-state index contributed by atoms with van der Waals surface area (Å²) in [5.41, 5.74) is 0.866. The van der Waals surface area contributed by atoms with Crippen molar-refractivity contribution in [1.29, 1.82) is 0 Å². The van der Waals surface area contributed by atoms with Gasteiger partial charge in [-0.15, -0.1) is 0 Å². The third-order valence-corrected chi connectivity index (χ3v) is 5.90. The van der Waals surface area contributed by atoms with E-state index in [9.17, 15) is 9.59 Å². The number of hydrogen-bond donors (Lipinski definition) is 2. The van der Waals surface area contributed by atoms with Crippen LogP contribution in [-0.2, 0) is 10.3 Å². The van der Waals surface area contributed by atoms with E-state index in [-0.39, 0.29) is 11.9 Å². The van der Waals surface area contributed by atoms with Gasteiger partial charge in [0.2, 0.25) is 0 Å². The summed E-state index contributed by atoms with van der Waals surface area (Å²) in [6.45, 7) is 5.69. The summed E-state index contributed by atoms with van der Waals surface area (Å²) in [5.74, 6) is 0.445. The molecular weight excluding hydrogens is 368 g/mol. The minimum absolute atomic E-state index is 0.214. The zero-order valence-electron chi connectivity index (χ0n) is 16.9. The van der Waals surface area contributed by atoms with E-state index in [1.165, 1.54) is 15.5 Å². The maximum Gasteiger partial charge on any atom is 0.329 e. The van der Waals surface area contributed by atoms with Crippen LogP contribution in [-0.4, -0.2) is 56.8 Å². The van der Waals surface area contributed by atoms with E-state index in [1.54, 1.807) is 20.1 Å². The molecule has 3 amide bonds. The first kappa shape index (κ1) is 19.3. The summed E-state index contributed by atoms with van der Waals surface area (Å²) in [5, 5.41) is 2.88. The molecule has 2 aliphatic rings. The van der Waals surface area contributed by atoms with Crippen molar-refractivity contribution in [3.05, 3.63) is 60.2 Å². The molecule has 2 aromatic rings. The Morgan fingerprint density at radius 1 is 1.07 bits per heavy atom. The number of piperazine rings is 1. The Morgan fingerprint density at radius 2 is 1.79 bits per heavy atom. The minimum atomic E-state index is -1.07. The second kappa shape index (κ2) is 7.75. The van der Waals surface area contributed by atoms with Gasteiger partial charge in [0, 0.05) is 5.69 Å². The Balaban J connectivity index is 1.42. The number of benzene rings is 2. The molecule has 1 atom stereocenters. The number of rotatable bonds is 5. The molecule has 2 fully saturated rings. The number of carbonyl (C=O) groups is 2. The molecule has 4 rings (SSSR count). The topological polar surface area (TPSA) is 66.3 Å². The molecule has 7 nitrogen and oxygen atoms in total. The Labute approximate surface area is 170 Å². The first-order valence-corrected chi connectivity index (χ1v) is 9.93. The van der Waals surface area contributed by atoms with Crippen LogP contribution in [0.2, 0.25) is 0 Å². The van der Waals surface area contributed by atoms with E-state index in [0.29, 0.717) is 12.4 Å². The fraction of sp³-hybridized carbons (Fsp3) is 0.364. The molecule has 7 heteroatoms. The number of nitrogens with zero attached hydrogens (tertiary/aromatic N) is 2. The molecule has 0 aromatic heterocycles. The lowest BCUT2D eigenvalue weighted by atomic mass is 9.92. The van der Waals surface area contributed by atoms with Gasteiger partial charge in [0.05, 0.1) is 33.3 Å². The van der Waals surface area contributed by atoms with Gasteiger partial charge in [-0.1, -0.05) is 30.3 Å². The van der Waals surface area contributed by atoms with Crippen LogP contribution in [0, 0.1) is 0 Å². The number of methoxy groups -OCH3 is 1.